The van der Waals surface area contributed by atoms with Crippen molar-refractivity contribution in [3.8, 4) is 6.07 Å². The second kappa shape index (κ2) is 4.63. The molecule has 0 aliphatic carbocycles. The van der Waals surface area contributed by atoms with Gasteiger partial charge in [-0.1, -0.05) is 6.07 Å². The summed E-state index contributed by atoms with van der Waals surface area (Å²) in [5.41, 5.74) is 1.27. The van der Waals surface area contributed by atoms with Gasteiger partial charge in [-0.25, -0.2) is 13.8 Å². The topological polar surface area (TPSA) is 61.9 Å². The molecule has 1 amide bonds. The Hall–Kier alpha value is -2.75. The second-order valence-corrected chi connectivity index (χ2v) is 6.42. The summed E-state index contributed by atoms with van der Waals surface area (Å²) in [6, 6.07) is 6.84. The Labute approximate surface area is 137 Å². The largest absolute Gasteiger partial charge is 0.315 e. The molecule has 0 fully saturated rings. The fraction of sp³-hybridized carbons (Fsp3) is 0.353. The van der Waals surface area contributed by atoms with Crippen LogP contribution in [0.5, 0.6) is 0 Å². The van der Waals surface area contributed by atoms with Crippen molar-refractivity contribution in [2.45, 2.75) is 31.2 Å². The van der Waals surface area contributed by atoms with Gasteiger partial charge in [-0.05, 0) is 25.0 Å². The maximum Gasteiger partial charge on any atom is 0.263 e. The number of nitrogens with zero attached hydrogens (tertiary/aromatic N) is 4. The summed E-state index contributed by atoms with van der Waals surface area (Å²) in [6.45, 7) is 0.0792. The van der Waals surface area contributed by atoms with Crippen LogP contribution in [0.3, 0.4) is 0 Å². The lowest BCUT2D eigenvalue weighted by Gasteiger charge is -2.27. The van der Waals surface area contributed by atoms with E-state index in [1.807, 2.05) is 6.07 Å². The number of halogens is 2. The molecule has 2 aromatic rings. The minimum Gasteiger partial charge on any atom is -0.315 e. The highest BCUT2D eigenvalue weighted by Gasteiger charge is 2.56. The summed E-state index contributed by atoms with van der Waals surface area (Å²) in [5.74, 6) is -3.41. The number of carbonyl (C=O) groups is 1. The van der Waals surface area contributed by atoms with Crippen LogP contribution in [-0.2, 0) is 16.8 Å². The lowest BCUT2D eigenvalue weighted by molar-refractivity contribution is -0.125. The number of anilines is 1. The summed E-state index contributed by atoms with van der Waals surface area (Å²) >= 11 is 0. The van der Waals surface area contributed by atoms with Crippen LogP contribution in [0.15, 0.2) is 30.7 Å². The summed E-state index contributed by atoms with van der Waals surface area (Å²) in [4.78, 5) is 18.4. The van der Waals surface area contributed by atoms with E-state index in [-0.39, 0.29) is 5.91 Å². The van der Waals surface area contributed by atoms with Gasteiger partial charge in [-0.15, -0.1) is 0 Å². The molecule has 0 radical (unpaired) electrons. The molecule has 1 atom stereocenters. The number of aryl methyl sites for hydroxylation is 1. The van der Waals surface area contributed by atoms with Crippen molar-refractivity contribution in [1.29, 1.82) is 5.26 Å². The first-order valence-corrected chi connectivity index (χ1v) is 7.63. The predicted molar refractivity (Wildman–Crippen MR) is 81.8 cm³/mol. The van der Waals surface area contributed by atoms with Gasteiger partial charge in [0.1, 0.15) is 0 Å². The van der Waals surface area contributed by atoms with E-state index in [0.717, 1.165) is 17.5 Å². The summed E-state index contributed by atoms with van der Waals surface area (Å²) in [5, 5.41) is 9.12. The number of fused-ring (bicyclic) bond motifs is 4. The summed E-state index contributed by atoms with van der Waals surface area (Å²) in [7, 11) is 0. The van der Waals surface area contributed by atoms with Crippen molar-refractivity contribution in [3.05, 3.63) is 47.5 Å². The second-order valence-electron chi connectivity index (χ2n) is 6.42. The molecule has 4 rings (SSSR count). The molecule has 3 heterocycles. The van der Waals surface area contributed by atoms with Crippen LogP contribution in [0.4, 0.5) is 14.5 Å². The van der Waals surface area contributed by atoms with Crippen molar-refractivity contribution >= 4 is 11.6 Å². The molecule has 0 bridgehead atoms. The number of amides is 1. The first-order valence-electron chi connectivity index (χ1n) is 7.63. The third-order valence-corrected chi connectivity index (χ3v) is 4.77. The van der Waals surface area contributed by atoms with E-state index in [9.17, 15) is 13.6 Å². The third kappa shape index (κ3) is 1.83. The van der Waals surface area contributed by atoms with Crippen LogP contribution in [0.2, 0.25) is 0 Å². The first kappa shape index (κ1) is 14.8. The highest BCUT2D eigenvalue weighted by atomic mass is 19.3. The standard InChI is InChI=1S/C17H14F2N4O/c1-16(18,19)9-22-14-6-11(7-20)2-3-13(14)17(15(22)24)5-4-12-8-21-10-23(12)17/h2-3,6,8,10H,4-5,9H2,1H3. The molecule has 0 N–H and O–H groups in total. The van der Waals surface area contributed by atoms with Crippen molar-refractivity contribution in [3.63, 3.8) is 0 Å². The molecular weight excluding hydrogens is 314 g/mol. The Balaban J connectivity index is 1.94. The van der Waals surface area contributed by atoms with Gasteiger partial charge in [-0.3, -0.25) is 4.79 Å². The Bertz CT molecular complexity index is 893. The third-order valence-electron chi connectivity index (χ3n) is 4.77. The van der Waals surface area contributed by atoms with Crippen molar-refractivity contribution < 1.29 is 13.6 Å². The highest BCUT2D eigenvalue weighted by molar-refractivity contribution is 6.08. The van der Waals surface area contributed by atoms with Crippen molar-refractivity contribution in [2.75, 3.05) is 11.4 Å². The van der Waals surface area contributed by atoms with E-state index in [4.69, 9.17) is 5.26 Å². The number of nitriles is 1. The molecule has 122 valence electrons. The minimum atomic E-state index is -3.03. The van der Waals surface area contributed by atoms with E-state index >= 15 is 0 Å². The molecular formula is C17H14F2N4O. The van der Waals surface area contributed by atoms with E-state index in [2.05, 4.69) is 4.98 Å². The van der Waals surface area contributed by atoms with Crippen molar-refractivity contribution in [2.24, 2.45) is 0 Å². The molecule has 7 heteroatoms. The van der Waals surface area contributed by atoms with Gasteiger partial charge in [0, 0.05) is 24.4 Å². The smallest absolute Gasteiger partial charge is 0.263 e. The van der Waals surface area contributed by atoms with Gasteiger partial charge in [0.15, 0.2) is 5.54 Å². The number of hydrogen-bond acceptors (Lipinski definition) is 3. The van der Waals surface area contributed by atoms with Crippen LogP contribution >= 0.6 is 0 Å². The lowest BCUT2D eigenvalue weighted by atomic mass is 9.88. The normalized spacial score (nSPS) is 21.9. The zero-order valence-electron chi connectivity index (χ0n) is 13.0. The van der Waals surface area contributed by atoms with Crippen LogP contribution in [0.1, 0.15) is 30.2 Å². The molecule has 24 heavy (non-hydrogen) atoms. The van der Waals surface area contributed by atoms with Crippen LogP contribution in [-0.4, -0.2) is 27.9 Å². The van der Waals surface area contributed by atoms with Gasteiger partial charge < -0.3 is 9.47 Å². The van der Waals surface area contributed by atoms with E-state index in [1.165, 1.54) is 6.07 Å². The summed E-state index contributed by atoms with van der Waals surface area (Å²) in [6.07, 6.45) is 4.44. The lowest BCUT2D eigenvalue weighted by Crippen LogP contribution is -2.46. The number of alkyl halides is 2. The Kier molecular flexibility index (Phi) is 2.86. The number of aromatic nitrogens is 2. The predicted octanol–water partition coefficient (Wildman–Crippen LogP) is 2.45. The monoisotopic (exact) mass is 328 g/mol. The Morgan fingerprint density at radius 3 is 2.96 bits per heavy atom. The van der Waals surface area contributed by atoms with Crippen LogP contribution in [0.25, 0.3) is 0 Å². The minimum absolute atomic E-state index is 0.340. The Morgan fingerprint density at radius 1 is 1.46 bits per heavy atom. The zero-order valence-corrected chi connectivity index (χ0v) is 13.0. The van der Waals surface area contributed by atoms with Gasteiger partial charge in [0.25, 0.3) is 11.8 Å². The molecule has 1 aromatic carbocycles. The fourth-order valence-corrected chi connectivity index (χ4v) is 3.81. The molecule has 2 aliphatic heterocycles. The maximum atomic E-state index is 13.7. The molecule has 5 nitrogen and oxygen atoms in total. The summed E-state index contributed by atoms with van der Waals surface area (Å²) < 4.78 is 29.1. The first-order chi connectivity index (χ1) is 11.4. The number of carbonyl (C=O) groups excluding carboxylic acids is 1. The average molecular weight is 328 g/mol. The van der Waals surface area contributed by atoms with Gasteiger partial charge >= 0.3 is 0 Å². The van der Waals surface area contributed by atoms with Gasteiger partial charge in [0.2, 0.25) is 0 Å². The number of rotatable bonds is 2. The van der Waals surface area contributed by atoms with E-state index in [1.54, 1.807) is 29.2 Å². The van der Waals surface area contributed by atoms with Crippen LogP contribution in [0, 0.1) is 11.3 Å². The molecule has 2 aliphatic rings. The number of hydrogen-bond donors (Lipinski definition) is 0. The highest BCUT2D eigenvalue weighted by Crippen LogP contribution is 2.49. The molecule has 0 saturated heterocycles. The molecule has 1 spiro atoms. The van der Waals surface area contributed by atoms with Gasteiger partial charge in [-0.2, -0.15) is 5.26 Å². The molecule has 0 saturated carbocycles. The number of imidazole rings is 1. The van der Waals surface area contributed by atoms with Crippen LogP contribution < -0.4 is 4.90 Å². The molecule has 1 unspecified atom stereocenters. The van der Waals surface area contributed by atoms with E-state index < -0.39 is 18.0 Å². The van der Waals surface area contributed by atoms with E-state index in [0.29, 0.717) is 29.7 Å². The molecule has 1 aromatic heterocycles. The maximum absolute atomic E-state index is 13.7. The number of benzene rings is 1. The van der Waals surface area contributed by atoms with Crippen molar-refractivity contribution in [1.82, 2.24) is 9.55 Å². The van der Waals surface area contributed by atoms with Gasteiger partial charge in [0.05, 0.1) is 30.2 Å². The Morgan fingerprint density at radius 2 is 2.25 bits per heavy atom. The zero-order chi connectivity index (χ0) is 17.1. The fourth-order valence-electron chi connectivity index (χ4n) is 3.81. The average Bonchev–Trinajstić information content (AvgIpc) is 3.18. The SMILES string of the molecule is CC(F)(F)CN1C(=O)C2(CCc3cncn32)c2ccc(C#N)cc21. The quantitative estimate of drug-likeness (QED) is 0.851.